The van der Waals surface area contributed by atoms with Gasteiger partial charge in [-0.1, -0.05) is 60.7 Å². The fraction of sp³-hybridized carbons (Fsp3) is 0.111. The summed E-state index contributed by atoms with van der Waals surface area (Å²) < 4.78 is 8.43. The second-order valence-electron chi connectivity index (χ2n) is 10.6. The van der Waals surface area contributed by atoms with Gasteiger partial charge in [0.2, 0.25) is 0 Å². The summed E-state index contributed by atoms with van der Waals surface area (Å²) in [5, 5.41) is 6.71. The van der Waals surface area contributed by atoms with Gasteiger partial charge in [-0.05, 0) is 97.7 Å². The molecule has 2 aromatic heterocycles. The number of anilines is 1. The van der Waals surface area contributed by atoms with Gasteiger partial charge in [-0.2, -0.15) is 0 Å². The number of hydrogen-bond donors (Lipinski definition) is 1. The minimum absolute atomic E-state index is 0.108. The summed E-state index contributed by atoms with van der Waals surface area (Å²) in [6.07, 6.45) is 1.84. The molecule has 0 unspecified atom stereocenters. The Morgan fingerprint density at radius 3 is 2.26 bits per heavy atom. The maximum atomic E-state index is 6.07. The van der Waals surface area contributed by atoms with Crippen LogP contribution < -0.4 is 15.0 Å². The molecule has 206 valence electrons. The van der Waals surface area contributed by atoms with Crippen molar-refractivity contribution in [2.24, 2.45) is 0 Å². The van der Waals surface area contributed by atoms with Crippen molar-refractivity contribution < 1.29 is 4.74 Å². The predicted molar refractivity (Wildman–Crippen MR) is 174 cm³/mol. The van der Waals surface area contributed by atoms with E-state index in [1.54, 1.807) is 0 Å². The molecule has 3 heterocycles. The highest BCUT2D eigenvalue weighted by molar-refractivity contribution is 7.80. The molecule has 5 nitrogen and oxygen atoms in total. The molecular weight excluding hydrogens is 536 g/mol. The van der Waals surface area contributed by atoms with E-state index in [-0.39, 0.29) is 12.1 Å². The first kappa shape index (κ1) is 26.0. The molecule has 1 fully saturated rings. The smallest absolute Gasteiger partial charge is 0.174 e. The van der Waals surface area contributed by atoms with E-state index < -0.39 is 0 Å². The molecule has 42 heavy (non-hydrogen) atoms. The molecular formula is C36H30N4OS. The first-order valence-electron chi connectivity index (χ1n) is 14.1. The Labute approximate surface area is 251 Å². The Morgan fingerprint density at radius 1 is 0.762 bits per heavy atom. The van der Waals surface area contributed by atoms with E-state index in [9.17, 15) is 0 Å². The van der Waals surface area contributed by atoms with Crippen LogP contribution in [0.1, 0.15) is 34.7 Å². The summed E-state index contributed by atoms with van der Waals surface area (Å²) in [5.41, 5.74) is 6.66. The first-order valence-corrected chi connectivity index (χ1v) is 14.5. The SMILES string of the molecule is Cc1cc([C@H]2[C@H](c3ccccn3)NC(=S)N2c2ccc(Oc3ccccc3)cc2)c(C)n1-c1cccc2ccccc12. The zero-order valence-corrected chi connectivity index (χ0v) is 24.3. The molecule has 1 aliphatic heterocycles. The molecule has 0 radical (unpaired) electrons. The number of hydrogen-bond acceptors (Lipinski definition) is 3. The average molecular weight is 567 g/mol. The molecule has 0 spiro atoms. The van der Waals surface area contributed by atoms with Gasteiger partial charge in [0.15, 0.2) is 5.11 Å². The van der Waals surface area contributed by atoms with E-state index >= 15 is 0 Å². The highest BCUT2D eigenvalue weighted by Gasteiger charge is 2.42. The number of fused-ring (bicyclic) bond motifs is 1. The van der Waals surface area contributed by atoms with Gasteiger partial charge in [0, 0.05) is 28.7 Å². The van der Waals surface area contributed by atoms with Gasteiger partial charge < -0.3 is 19.5 Å². The lowest BCUT2D eigenvalue weighted by molar-refractivity contribution is 0.482. The number of ether oxygens (including phenoxy) is 1. The van der Waals surface area contributed by atoms with Crippen molar-refractivity contribution in [2.75, 3.05) is 4.90 Å². The van der Waals surface area contributed by atoms with E-state index in [1.165, 1.54) is 33.4 Å². The van der Waals surface area contributed by atoms with Gasteiger partial charge in [-0.25, -0.2) is 0 Å². The number of thiocarbonyl (C=S) groups is 1. The molecule has 0 saturated carbocycles. The predicted octanol–water partition coefficient (Wildman–Crippen LogP) is 8.61. The quantitative estimate of drug-likeness (QED) is 0.205. The standard InChI is InChI=1S/C36H30N4OS/c1-24-23-31(25(2)39(24)33-17-10-12-26-11-6-7-15-30(26)33)35-34(32-16-8-9-22-37-32)38-36(42)40(35)27-18-20-29(21-19-27)41-28-13-4-3-5-14-28/h3-23,34-35H,1-2H3,(H,38,42)/t34-,35-/m0/s1. The van der Waals surface area contributed by atoms with Crippen LogP contribution in [0, 0.1) is 13.8 Å². The summed E-state index contributed by atoms with van der Waals surface area (Å²) in [4.78, 5) is 6.96. The van der Waals surface area contributed by atoms with Crippen molar-refractivity contribution in [3.63, 3.8) is 0 Å². The monoisotopic (exact) mass is 566 g/mol. The highest BCUT2D eigenvalue weighted by atomic mass is 32.1. The Balaban J connectivity index is 1.33. The molecule has 6 aromatic rings. The number of aromatic nitrogens is 2. The number of para-hydroxylation sites is 1. The van der Waals surface area contributed by atoms with Crippen LogP contribution >= 0.6 is 12.2 Å². The van der Waals surface area contributed by atoms with E-state index in [0.717, 1.165) is 22.9 Å². The van der Waals surface area contributed by atoms with Crippen LogP contribution in [0.25, 0.3) is 16.5 Å². The summed E-state index contributed by atoms with van der Waals surface area (Å²) in [6, 6.07) is 41.1. The molecule has 0 bridgehead atoms. The zero-order chi connectivity index (χ0) is 28.6. The third kappa shape index (κ3) is 4.60. The average Bonchev–Trinajstić information content (AvgIpc) is 3.52. The second kappa shape index (κ2) is 10.8. The summed E-state index contributed by atoms with van der Waals surface area (Å²) >= 11 is 6.00. The van der Waals surface area contributed by atoms with E-state index in [1.807, 2.05) is 60.8 Å². The first-order chi connectivity index (χ1) is 20.6. The molecule has 4 aromatic carbocycles. The number of pyridine rings is 1. The molecule has 1 aliphatic rings. The lowest BCUT2D eigenvalue weighted by atomic mass is 9.96. The molecule has 1 saturated heterocycles. The lowest BCUT2D eigenvalue weighted by Gasteiger charge is -2.28. The van der Waals surface area contributed by atoms with Gasteiger partial charge >= 0.3 is 0 Å². The molecule has 7 rings (SSSR count). The third-order valence-corrected chi connectivity index (χ3v) is 8.30. The topological polar surface area (TPSA) is 42.3 Å². The second-order valence-corrected chi connectivity index (χ2v) is 11.0. The van der Waals surface area contributed by atoms with Crippen LogP contribution in [0.3, 0.4) is 0 Å². The minimum Gasteiger partial charge on any atom is -0.457 e. The number of nitrogens with zero attached hydrogens (tertiary/aromatic N) is 3. The van der Waals surface area contributed by atoms with E-state index in [4.69, 9.17) is 21.9 Å². The normalized spacial score (nSPS) is 16.5. The number of aryl methyl sites for hydroxylation is 1. The molecule has 0 amide bonds. The number of benzene rings is 4. The van der Waals surface area contributed by atoms with Crippen LogP contribution in [-0.2, 0) is 0 Å². The van der Waals surface area contributed by atoms with Gasteiger partial charge in [-0.3, -0.25) is 4.98 Å². The maximum Gasteiger partial charge on any atom is 0.174 e. The van der Waals surface area contributed by atoms with Crippen molar-refractivity contribution in [3.05, 3.63) is 150 Å². The Kier molecular flexibility index (Phi) is 6.68. The van der Waals surface area contributed by atoms with Gasteiger partial charge in [0.05, 0.1) is 23.5 Å². The lowest BCUT2D eigenvalue weighted by Crippen LogP contribution is -2.29. The largest absolute Gasteiger partial charge is 0.457 e. The van der Waals surface area contributed by atoms with Crippen LogP contribution in [0.2, 0.25) is 0 Å². The van der Waals surface area contributed by atoms with Gasteiger partial charge in [0.1, 0.15) is 11.5 Å². The summed E-state index contributed by atoms with van der Waals surface area (Å²) in [7, 11) is 0. The Bertz CT molecular complexity index is 1880. The van der Waals surface area contributed by atoms with Gasteiger partial charge in [0.25, 0.3) is 0 Å². The molecule has 1 N–H and O–H groups in total. The van der Waals surface area contributed by atoms with Crippen LogP contribution in [0.4, 0.5) is 5.69 Å². The summed E-state index contributed by atoms with van der Waals surface area (Å²) in [5.74, 6) is 1.58. The fourth-order valence-electron chi connectivity index (χ4n) is 6.11. The van der Waals surface area contributed by atoms with E-state index in [0.29, 0.717) is 5.11 Å². The zero-order valence-electron chi connectivity index (χ0n) is 23.4. The third-order valence-electron chi connectivity index (χ3n) is 7.99. The Morgan fingerprint density at radius 2 is 1.48 bits per heavy atom. The molecule has 6 heteroatoms. The molecule has 2 atom stereocenters. The van der Waals surface area contributed by atoms with Crippen molar-refractivity contribution in [1.29, 1.82) is 0 Å². The molecule has 0 aliphatic carbocycles. The van der Waals surface area contributed by atoms with Crippen LogP contribution in [0.5, 0.6) is 11.5 Å². The number of nitrogens with one attached hydrogen (secondary N) is 1. The van der Waals surface area contributed by atoms with Crippen molar-refractivity contribution in [1.82, 2.24) is 14.9 Å². The van der Waals surface area contributed by atoms with Crippen molar-refractivity contribution in [3.8, 4) is 17.2 Å². The fourth-order valence-corrected chi connectivity index (χ4v) is 6.46. The van der Waals surface area contributed by atoms with Crippen molar-refractivity contribution >= 4 is 33.8 Å². The van der Waals surface area contributed by atoms with Crippen LogP contribution in [0.15, 0.2) is 128 Å². The summed E-state index contributed by atoms with van der Waals surface area (Å²) in [6.45, 7) is 4.38. The highest BCUT2D eigenvalue weighted by Crippen LogP contribution is 2.44. The Hall–Kier alpha value is -4.94. The van der Waals surface area contributed by atoms with Gasteiger partial charge in [-0.15, -0.1) is 0 Å². The van der Waals surface area contributed by atoms with E-state index in [2.05, 4.69) is 95.4 Å². The maximum absolute atomic E-state index is 6.07. The number of rotatable bonds is 6. The minimum atomic E-state index is -0.125. The van der Waals surface area contributed by atoms with Crippen LogP contribution in [-0.4, -0.2) is 14.7 Å². The van der Waals surface area contributed by atoms with Crippen molar-refractivity contribution in [2.45, 2.75) is 25.9 Å².